The summed E-state index contributed by atoms with van der Waals surface area (Å²) in [6.07, 6.45) is 0. The largest absolute Gasteiger partial charge is 0.506 e. The zero-order valence-corrected chi connectivity index (χ0v) is 12.7. The van der Waals surface area contributed by atoms with E-state index in [4.69, 9.17) is 21.1 Å². The number of phenolic OH excluding ortho intramolecular Hbond substituents is 1. The van der Waals surface area contributed by atoms with Crippen LogP contribution in [0.4, 0.5) is 0 Å². The molecule has 3 nitrogen and oxygen atoms in total. The number of ether oxygens (including phenoxy) is 2. The van der Waals surface area contributed by atoms with E-state index in [0.29, 0.717) is 16.5 Å². The maximum Gasteiger partial charge on any atom is 0.144 e. The molecule has 0 radical (unpaired) electrons. The van der Waals surface area contributed by atoms with E-state index in [0.717, 1.165) is 15.6 Å². The first kappa shape index (κ1) is 14.0. The number of phenols is 1. The van der Waals surface area contributed by atoms with Gasteiger partial charge in [-0.1, -0.05) is 17.7 Å². The summed E-state index contributed by atoms with van der Waals surface area (Å²) < 4.78 is 11.4. The van der Waals surface area contributed by atoms with Crippen molar-refractivity contribution in [3.05, 3.63) is 39.8 Å². The van der Waals surface area contributed by atoms with Crippen molar-refractivity contribution in [2.75, 3.05) is 14.2 Å². The van der Waals surface area contributed by atoms with Crippen molar-refractivity contribution in [1.82, 2.24) is 0 Å². The molecular weight excluding hydrogens is 332 g/mol. The van der Waals surface area contributed by atoms with Gasteiger partial charge in [0, 0.05) is 5.56 Å². The zero-order chi connectivity index (χ0) is 14.0. The van der Waals surface area contributed by atoms with Crippen molar-refractivity contribution < 1.29 is 14.6 Å². The van der Waals surface area contributed by atoms with Gasteiger partial charge >= 0.3 is 0 Å². The lowest BCUT2D eigenvalue weighted by molar-refractivity contribution is 0.390. The molecule has 0 amide bonds. The van der Waals surface area contributed by atoms with Gasteiger partial charge in [0.05, 0.1) is 19.2 Å². The van der Waals surface area contributed by atoms with Gasteiger partial charge in [0.15, 0.2) is 0 Å². The van der Waals surface area contributed by atoms with E-state index >= 15 is 0 Å². The van der Waals surface area contributed by atoms with Crippen LogP contribution in [0.5, 0.6) is 17.2 Å². The summed E-state index contributed by atoms with van der Waals surface area (Å²) in [5, 5.41) is 9.76. The van der Waals surface area contributed by atoms with Crippen LogP contribution in [0.1, 0.15) is 0 Å². The van der Waals surface area contributed by atoms with Crippen LogP contribution in [0.3, 0.4) is 0 Å². The highest BCUT2D eigenvalue weighted by Gasteiger charge is 2.14. The molecule has 100 valence electrons. The summed E-state index contributed by atoms with van der Waals surface area (Å²) in [4.78, 5) is 0. The highest BCUT2D eigenvalue weighted by molar-refractivity contribution is 9.10. The fraction of sp³-hybridized carbons (Fsp3) is 0.143. The molecule has 0 saturated carbocycles. The third kappa shape index (κ3) is 2.65. The summed E-state index contributed by atoms with van der Waals surface area (Å²) >= 11 is 9.38. The Morgan fingerprint density at radius 3 is 2.42 bits per heavy atom. The van der Waals surface area contributed by atoms with Crippen LogP contribution >= 0.6 is 27.5 Å². The molecule has 0 spiro atoms. The van der Waals surface area contributed by atoms with E-state index in [1.165, 1.54) is 0 Å². The van der Waals surface area contributed by atoms with E-state index < -0.39 is 0 Å². The number of hydrogen-bond donors (Lipinski definition) is 1. The molecule has 1 N–H and O–H groups in total. The topological polar surface area (TPSA) is 38.7 Å². The zero-order valence-electron chi connectivity index (χ0n) is 10.4. The summed E-state index contributed by atoms with van der Waals surface area (Å²) in [5.41, 5.74) is 1.71. The SMILES string of the molecule is COc1ccc(-c2ccc(O)c(Cl)c2)c(OC)c1Br. The number of benzene rings is 2. The smallest absolute Gasteiger partial charge is 0.144 e. The summed E-state index contributed by atoms with van der Waals surface area (Å²) in [6, 6.07) is 8.73. The van der Waals surface area contributed by atoms with Crippen molar-refractivity contribution in [3.63, 3.8) is 0 Å². The molecule has 0 unspecified atom stereocenters. The third-order valence-electron chi connectivity index (χ3n) is 2.74. The van der Waals surface area contributed by atoms with Gasteiger partial charge in [-0.05, 0) is 45.8 Å². The molecule has 0 aliphatic heterocycles. The minimum atomic E-state index is 0.0527. The molecule has 0 fully saturated rings. The Hall–Kier alpha value is -1.39. The van der Waals surface area contributed by atoms with Crippen LogP contribution in [0.2, 0.25) is 5.02 Å². The van der Waals surface area contributed by atoms with Gasteiger partial charge in [-0.2, -0.15) is 0 Å². The minimum Gasteiger partial charge on any atom is -0.506 e. The molecule has 19 heavy (non-hydrogen) atoms. The summed E-state index contributed by atoms with van der Waals surface area (Å²) in [5.74, 6) is 1.39. The first-order chi connectivity index (χ1) is 9.08. The van der Waals surface area contributed by atoms with Crippen molar-refractivity contribution in [3.8, 4) is 28.4 Å². The molecule has 2 aromatic rings. The highest BCUT2D eigenvalue weighted by Crippen LogP contribution is 2.43. The van der Waals surface area contributed by atoms with Gasteiger partial charge in [0.25, 0.3) is 0 Å². The average molecular weight is 344 g/mol. The maximum absolute atomic E-state index is 9.46. The number of aromatic hydroxyl groups is 1. The Balaban J connectivity index is 2.61. The minimum absolute atomic E-state index is 0.0527. The molecule has 0 aromatic heterocycles. The summed E-state index contributed by atoms with van der Waals surface area (Å²) in [7, 11) is 3.18. The van der Waals surface area contributed by atoms with Crippen molar-refractivity contribution in [1.29, 1.82) is 0 Å². The second-order valence-corrected chi connectivity index (χ2v) is 5.03. The van der Waals surface area contributed by atoms with Crippen LogP contribution in [-0.4, -0.2) is 19.3 Å². The van der Waals surface area contributed by atoms with Crippen LogP contribution in [0.25, 0.3) is 11.1 Å². The highest BCUT2D eigenvalue weighted by atomic mass is 79.9. The van der Waals surface area contributed by atoms with Gasteiger partial charge in [-0.15, -0.1) is 0 Å². The monoisotopic (exact) mass is 342 g/mol. The van der Waals surface area contributed by atoms with E-state index in [9.17, 15) is 5.11 Å². The number of rotatable bonds is 3. The summed E-state index contributed by atoms with van der Waals surface area (Å²) in [6.45, 7) is 0. The third-order valence-corrected chi connectivity index (χ3v) is 3.80. The Bertz CT molecular complexity index is 614. The molecular formula is C14H12BrClO3. The van der Waals surface area contributed by atoms with E-state index in [2.05, 4.69) is 15.9 Å². The molecule has 0 aliphatic rings. The lowest BCUT2D eigenvalue weighted by Gasteiger charge is -2.14. The van der Waals surface area contributed by atoms with Gasteiger partial charge in [0.1, 0.15) is 21.7 Å². The van der Waals surface area contributed by atoms with Crippen LogP contribution in [0.15, 0.2) is 34.8 Å². The van der Waals surface area contributed by atoms with E-state index in [1.807, 2.05) is 12.1 Å². The standard InChI is InChI=1S/C14H12BrClO3/c1-18-12-6-4-9(14(19-2)13(12)15)8-3-5-11(17)10(16)7-8/h3-7,17H,1-2H3. The predicted molar refractivity (Wildman–Crippen MR) is 79.4 cm³/mol. The van der Waals surface area contributed by atoms with Crippen LogP contribution < -0.4 is 9.47 Å². The average Bonchev–Trinajstić information content (AvgIpc) is 2.41. The second kappa shape index (κ2) is 5.72. The van der Waals surface area contributed by atoms with E-state index in [1.54, 1.807) is 32.4 Å². The Morgan fingerprint density at radius 1 is 1.11 bits per heavy atom. The molecule has 5 heteroatoms. The first-order valence-electron chi connectivity index (χ1n) is 5.48. The number of halogens is 2. The second-order valence-electron chi connectivity index (χ2n) is 3.83. The van der Waals surface area contributed by atoms with Gasteiger partial charge < -0.3 is 14.6 Å². The Morgan fingerprint density at radius 2 is 1.84 bits per heavy atom. The maximum atomic E-state index is 9.46. The number of hydrogen-bond acceptors (Lipinski definition) is 3. The molecule has 0 atom stereocenters. The molecule has 0 aliphatic carbocycles. The molecule has 2 rings (SSSR count). The lowest BCUT2D eigenvalue weighted by Crippen LogP contribution is -1.93. The molecule has 2 aromatic carbocycles. The van der Waals surface area contributed by atoms with Gasteiger partial charge in [-0.3, -0.25) is 0 Å². The quantitative estimate of drug-likeness (QED) is 0.892. The lowest BCUT2D eigenvalue weighted by atomic mass is 10.0. The molecule has 0 saturated heterocycles. The van der Waals surface area contributed by atoms with Gasteiger partial charge in [0.2, 0.25) is 0 Å². The fourth-order valence-corrected chi connectivity index (χ4v) is 2.65. The Kier molecular flexibility index (Phi) is 4.22. The van der Waals surface area contributed by atoms with Crippen LogP contribution in [-0.2, 0) is 0 Å². The van der Waals surface area contributed by atoms with Crippen molar-refractivity contribution >= 4 is 27.5 Å². The predicted octanol–water partition coefficient (Wildman–Crippen LogP) is 4.49. The van der Waals surface area contributed by atoms with E-state index in [-0.39, 0.29) is 5.75 Å². The first-order valence-corrected chi connectivity index (χ1v) is 6.65. The Labute approximate surface area is 124 Å². The molecule has 0 bridgehead atoms. The number of methoxy groups -OCH3 is 2. The van der Waals surface area contributed by atoms with Gasteiger partial charge in [-0.25, -0.2) is 0 Å². The van der Waals surface area contributed by atoms with Crippen molar-refractivity contribution in [2.24, 2.45) is 0 Å². The normalized spacial score (nSPS) is 10.3. The van der Waals surface area contributed by atoms with Crippen molar-refractivity contribution in [2.45, 2.75) is 0 Å². The fourth-order valence-electron chi connectivity index (χ4n) is 1.80. The molecule has 0 heterocycles. The van der Waals surface area contributed by atoms with Crippen LogP contribution in [0, 0.1) is 0 Å².